The molecule has 0 unspecified atom stereocenters. The molecule has 0 saturated carbocycles. The summed E-state index contributed by atoms with van der Waals surface area (Å²) in [5.74, 6) is -0.335. The average Bonchev–Trinajstić information content (AvgIpc) is 2.39. The van der Waals surface area contributed by atoms with Crippen LogP contribution < -0.4 is 0 Å². The predicted molar refractivity (Wildman–Crippen MR) is 72.9 cm³/mol. The third-order valence-electron chi connectivity index (χ3n) is 2.38. The van der Waals surface area contributed by atoms with Crippen LogP contribution >= 0.6 is 0 Å². The standard InChI is InChI=1S/C13H9NO3.Bi.3H/c15-13(10-6-2-1-3-7-10)11-8-4-5-9-12(11)14(16)17;;;;/h1-9H;;;;. The summed E-state index contributed by atoms with van der Waals surface area (Å²) in [6, 6.07) is 14.5. The summed E-state index contributed by atoms with van der Waals surface area (Å²) >= 11 is 0. The van der Waals surface area contributed by atoms with E-state index in [1.54, 1.807) is 42.5 Å². The molecule has 5 heteroatoms. The second-order valence-electron chi connectivity index (χ2n) is 3.47. The van der Waals surface area contributed by atoms with Crippen LogP contribution in [0.1, 0.15) is 15.9 Å². The molecular formula is C13H12BiNO3. The van der Waals surface area contributed by atoms with Crippen LogP contribution in [-0.2, 0) is 0 Å². The van der Waals surface area contributed by atoms with Gasteiger partial charge in [0, 0.05) is 11.6 Å². The summed E-state index contributed by atoms with van der Waals surface area (Å²) in [6.45, 7) is 0. The van der Waals surface area contributed by atoms with Crippen molar-refractivity contribution in [2.75, 3.05) is 0 Å². The van der Waals surface area contributed by atoms with E-state index in [0.29, 0.717) is 5.56 Å². The van der Waals surface area contributed by atoms with E-state index in [4.69, 9.17) is 0 Å². The summed E-state index contributed by atoms with van der Waals surface area (Å²) in [5, 5.41) is 10.8. The third kappa shape index (κ3) is 2.99. The first kappa shape index (κ1) is 14.5. The number of carbonyl (C=O) groups is 1. The molecule has 0 heterocycles. The van der Waals surface area contributed by atoms with E-state index in [1.807, 2.05) is 0 Å². The van der Waals surface area contributed by atoms with Crippen molar-refractivity contribution < 1.29 is 9.72 Å². The molecule has 0 atom stereocenters. The van der Waals surface area contributed by atoms with E-state index >= 15 is 0 Å². The van der Waals surface area contributed by atoms with Gasteiger partial charge in [-0.05, 0) is 6.07 Å². The Hall–Kier alpha value is -1.61. The maximum absolute atomic E-state index is 12.1. The number of nitro groups is 1. The van der Waals surface area contributed by atoms with Gasteiger partial charge in [0.2, 0.25) is 0 Å². The van der Waals surface area contributed by atoms with Crippen LogP contribution in [0.3, 0.4) is 0 Å². The Labute approximate surface area is 123 Å². The van der Waals surface area contributed by atoms with E-state index in [0.717, 1.165) is 0 Å². The van der Waals surface area contributed by atoms with E-state index in [-0.39, 0.29) is 43.2 Å². The molecule has 0 fully saturated rings. The molecule has 92 valence electrons. The number of nitro benzene ring substituents is 1. The number of hydrogen-bond donors (Lipinski definition) is 0. The Morgan fingerprint density at radius 3 is 2.11 bits per heavy atom. The van der Waals surface area contributed by atoms with Gasteiger partial charge in [-0.2, -0.15) is 0 Å². The normalized spacial score (nSPS) is 9.33. The van der Waals surface area contributed by atoms with Crippen LogP contribution in [0.4, 0.5) is 5.69 Å². The fourth-order valence-electron chi connectivity index (χ4n) is 1.57. The van der Waals surface area contributed by atoms with Crippen LogP contribution in [0.2, 0.25) is 0 Å². The molecule has 0 bridgehead atoms. The number of rotatable bonds is 3. The Balaban J connectivity index is 0.00000162. The van der Waals surface area contributed by atoms with Gasteiger partial charge in [0.25, 0.3) is 5.69 Å². The molecule has 0 N–H and O–H groups in total. The summed E-state index contributed by atoms with van der Waals surface area (Å²) < 4.78 is 0. The molecule has 0 aliphatic heterocycles. The first-order chi connectivity index (χ1) is 8.20. The SMILES string of the molecule is O=C(c1ccccc1)c1ccccc1[N+](=O)[O-].[BiH3]. The van der Waals surface area contributed by atoms with Crippen molar-refractivity contribution in [2.24, 2.45) is 0 Å². The second kappa shape index (κ2) is 6.36. The van der Waals surface area contributed by atoms with Crippen LogP contribution in [0, 0.1) is 10.1 Å². The van der Waals surface area contributed by atoms with Gasteiger partial charge < -0.3 is 0 Å². The summed E-state index contributed by atoms with van der Waals surface area (Å²) in [4.78, 5) is 22.3. The van der Waals surface area contributed by atoms with Crippen LogP contribution in [0.25, 0.3) is 0 Å². The van der Waals surface area contributed by atoms with E-state index < -0.39 is 4.92 Å². The molecular weight excluding hydrogens is 427 g/mol. The number of ketones is 1. The molecule has 18 heavy (non-hydrogen) atoms. The van der Waals surface area contributed by atoms with Crippen molar-refractivity contribution in [1.29, 1.82) is 0 Å². The minimum atomic E-state index is -0.545. The number of para-hydroxylation sites is 1. The zero-order chi connectivity index (χ0) is 12.3. The molecule has 0 saturated heterocycles. The van der Waals surface area contributed by atoms with Gasteiger partial charge in [-0.1, -0.05) is 42.5 Å². The molecule has 0 spiro atoms. The van der Waals surface area contributed by atoms with Gasteiger partial charge in [0.05, 0.1) is 4.92 Å². The molecule has 0 radical (unpaired) electrons. The van der Waals surface area contributed by atoms with Crippen LogP contribution in [0.5, 0.6) is 0 Å². The monoisotopic (exact) mass is 439 g/mol. The van der Waals surface area contributed by atoms with Gasteiger partial charge in [-0.3, -0.25) is 14.9 Å². The maximum atomic E-state index is 12.1. The van der Waals surface area contributed by atoms with Crippen LogP contribution in [0.15, 0.2) is 54.6 Å². The zero-order valence-corrected chi connectivity index (χ0v) is 15.1. The molecule has 2 aromatic rings. The van der Waals surface area contributed by atoms with Crippen molar-refractivity contribution in [3.63, 3.8) is 0 Å². The van der Waals surface area contributed by atoms with E-state index in [9.17, 15) is 14.9 Å². The van der Waals surface area contributed by atoms with E-state index in [2.05, 4.69) is 0 Å². The summed E-state index contributed by atoms with van der Waals surface area (Å²) in [7, 11) is 0. The topological polar surface area (TPSA) is 60.2 Å². The van der Waals surface area contributed by atoms with Crippen molar-refractivity contribution in [1.82, 2.24) is 0 Å². The number of nitrogens with zero attached hydrogens (tertiary/aromatic N) is 1. The Morgan fingerprint density at radius 2 is 1.50 bits per heavy atom. The van der Waals surface area contributed by atoms with Crippen molar-refractivity contribution >= 4 is 37.7 Å². The first-order valence-corrected chi connectivity index (χ1v) is 5.03. The van der Waals surface area contributed by atoms with E-state index in [1.165, 1.54) is 12.1 Å². The third-order valence-corrected chi connectivity index (χ3v) is 2.38. The molecule has 0 amide bonds. The Kier molecular flexibility index (Phi) is 5.11. The molecule has 2 aromatic carbocycles. The molecule has 0 aliphatic rings. The first-order valence-electron chi connectivity index (χ1n) is 5.03. The fraction of sp³-hybridized carbons (Fsp3) is 0. The Morgan fingerprint density at radius 1 is 0.944 bits per heavy atom. The van der Waals surface area contributed by atoms with Crippen molar-refractivity contribution in [3.8, 4) is 0 Å². The molecule has 0 aliphatic carbocycles. The molecule has 0 aromatic heterocycles. The van der Waals surface area contributed by atoms with Crippen LogP contribution in [-0.4, -0.2) is 36.9 Å². The Bertz CT molecular complexity index is 569. The zero-order valence-electron chi connectivity index (χ0n) is 9.58. The molecule has 2 rings (SSSR count). The van der Waals surface area contributed by atoms with Crippen molar-refractivity contribution in [2.45, 2.75) is 0 Å². The molecule has 4 nitrogen and oxygen atoms in total. The average molecular weight is 439 g/mol. The summed E-state index contributed by atoms with van der Waals surface area (Å²) in [6.07, 6.45) is 0. The minimum absolute atomic E-state index is 0. The predicted octanol–water partition coefficient (Wildman–Crippen LogP) is 1.64. The summed E-state index contributed by atoms with van der Waals surface area (Å²) in [5.41, 5.74) is 0.395. The van der Waals surface area contributed by atoms with Gasteiger partial charge in [0.1, 0.15) is 5.56 Å². The quantitative estimate of drug-likeness (QED) is 0.316. The number of hydrogen-bond acceptors (Lipinski definition) is 3. The van der Waals surface area contributed by atoms with Gasteiger partial charge in [-0.15, -0.1) is 0 Å². The number of carbonyl (C=O) groups excluding carboxylic acids is 1. The van der Waals surface area contributed by atoms with Gasteiger partial charge >= 0.3 is 26.2 Å². The van der Waals surface area contributed by atoms with Gasteiger partial charge in [0.15, 0.2) is 5.78 Å². The fourth-order valence-corrected chi connectivity index (χ4v) is 1.57. The second-order valence-corrected chi connectivity index (χ2v) is 3.47. The van der Waals surface area contributed by atoms with Crippen molar-refractivity contribution in [3.05, 3.63) is 75.8 Å². The van der Waals surface area contributed by atoms with Gasteiger partial charge in [-0.25, -0.2) is 0 Å². The number of benzene rings is 2.